The summed E-state index contributed by atoms with van der Waals surface area (Å²) < 4.78 is 0. The van der Waals surface area contributed by atoms with Gasteiger partial charge in [-0.2, -0.15) is 0 Å². The molecule has 0 saturated carbocycles. The summed E-state index contributed by atoms with van der Waals surface area (Å²) >= 11 is 0. The van der Waals surface area contributed by atoms with Crippen LogP contribution in [0.2, 0.25) is 0 Å². The molecule has 4 nitrogen and oxygen atoms in total. The molecule has 0 aliphatic rings. The molecular weight excluding hydrogens is 372 g/mol. The topological polar surface area (TPSA) is 66.2 Å². The summed E-state index contributed by atoms with van der Waals surface area (Å²) in [6, 6.07) is 27.0. The minimum atomic E-state index is -0.568. The maximum absolute atomic E-state index is 10.5. The van der Waals surface area contributed by atoms with Crippen molar-refractivity contribution in [3.8, 4) is 11.4 Å². The summed E-state index contributed by atoms with van der Waals surface area (Å²) in [4.78, 5) is 8.92. The Bertz CT molecular complexity index is 995. The van der Waals surface area contributed by atoms with Crippen LogP contribution in [0, 0.1) is 0 Å². The minimum absolute atomic E-state index is 0.506. The van der Waals surface area contributed by atoms with E-state index in [1.165, 1.54) is 0 Å². The lowest BCUT2D eigenvalue weighted by Gasteiger charge is -2.13. The molecule has 2 atom stereocenters. The molecule has 2 unspecified atom stereocenters. The number of nitrogens with zero attached hydrogens (tertiary/aromatic N) is 2. The van der Waals surface area contributed by atoms with Gasteiger partial charge in [-0.1, -0.05) is 60.7 Å². The van der Waals surface area contributed by atoms with Crippen molar-refractivity contribution in [1.82, 2.24) is 9.97 Å². The molecule has 2 heterocycles. The van der Waals surface area contributed by atoms with Crippen LogP contribution < -0.4 is 0 Å². The van der Waals surface area contributed by atoms with Gasteiger partial charge in [-0.25, -0.2) is 0 Å². The van der Waals surface area contributed by atoms with Crippen molar-refractivity contribution in [3.05, 3.63) is 120 Å². The Hall–Kier alpha value is -3.34. The largest absolute Gasteiger partial charge is 0.388 e. The molecule has 2 N–H and O–H groups in total. The van der Waals surface area contributed by atoms with Crippen LogP contribution in [0.5, 0.6) is 0 Å². The van der Waals surface area contributed by atoms with Crippen LogP contribution in [0.3, 0.4) is 0 Å². The normalized spacial score (nSPS) is 13.0. The standard InChI is InChI=1S/C26H24N2O2/c29-25(21-7-3-1-4-8-21)17-19-11-13-27-23(15-19)24-16-20(12-14-28-24)18-26(30)22-9-5-2-6-10-22/h1-16,25-26,29-30H,17-18H2. The molecular formula is C26H24N2O2. The highest BCUT2D eigenvalue weighted by molar-refractivity contribution is 5.55. The van der Waals surface area contributed by atoms with E-state index in [9.17, 15) is 10.2 Å². The highest BCUT2D eigenvalue weighted by Crippen LogP contribution is 2.23. The van der Waals surface area contributed by atoms with Crippen molar-refractivity contribution in [1.29, 1.82) is 0 Å². The maximum atomic E-state index is 10.5. The summed E-state index contributed by atoms with van der Waals surface area (Å²) in [5.41, 5.74) is 5.28. The fraction of sp³-hybridized carbons (Fsp3) is 0.154. The first-order valence-corrected chi connectivity index (χ1v) is 10.1. The number of aliphatic hydroxyl groups is 2. The van der Waals surface area contributed by atoms with Gasteiger partial charge in [0, 0.05) is 25.2 Å². The minimum Gasteiger partial charge on any atom is -0.388 e. The van der Waals surface area contributed by atoms with Crippen molar-refractivity contribution in [2.75, 3.05) is 0 Å². The van der Waals surface area contributed by atoms with Gasteiger partial charge in [-0.15, -0.1) is 0 Å². The average molecular weight is 396 g/mol. The molecule has 4 aromatic rings. The van der Waals surface area contributed by atoms with E-state index < -0.39 is 12.2 Å². The predicted molar refractivity (Wildman–Crippen MR) is 118 cm³/mol. The monoisotopic (exact) mass is 396 g/mol. The molecule has 30 heavy (non-hydrogen) atoms. The molecule has 0 saturated heterocycles. The van der Waals surface area contributed by atoms with Crippen LogP contribution in [0.25, 0.3) is 11.4 Å². The predicted octanol–water partition coefficient (Wildman–Crippen LogP) is 4.70. The van der Waals surface area contributed by atoms with Gasteiger partial charge in [-0.3, -0.25) is 9.97 Å². The number of hydrogen-bond donors (Lipinski definition) is 2. The first kappa shape index (κ1) is 20.0. The second-order valence-electron chi connectivity index (χ2n) is 7.36. The SMILES string of the molecule is OC(Cc1ccnc(-c2cc(CC(O)c3ccccc3)ccn2)c1)c1ccccc1. The molecule has 0 amide bonds. The number of aromatic nitrogens is 2. The summed E-state index contributed by atoms with van der Waals surface area (Å²) in [5, 5.41) is 21.0. The molecule has 0 fully saturated rings. The molecule has 4 rings (SSSR count). The Morgan fingerprint density at radius 1 is 0.567 bits per heavy atom. The number of aliphatic hydroxyl groups excluding tert-OH is 2. The Balaban J connectivity index is 1.50. The van der Waals surface area contributed by atoms with E-state index in [-0.39, 0.29) is 0 Å². The quantitative estimate of drug-likeness (QED) is 0.475. The number of rotatable bonds is 7. The van der Waals surface area contributed by atoms with Gasteiger partial charge in [-0.05, 0) is 46.5 Å². The molecule has 150 valence electrons. The van der Waals surface area contributed by atoms with Crippen molar-refractivity contribution in [2.45, 2.75) is 25.0 Å². The van der Waals surface area contributed by atoms with Crippen molar-refractivity contribution in [3.63, 3.8) is 0 Å². The third-order valence-electron chi connectivity index (χ3n) is 5.14. The van der Waals surface area contributed by atoms with Crippen LogP contribution in [0.15, 0.2) is 97.3 Å². The molecule has 0 aliphatic heterocycles. The highest BCUT2D eigenvalue weighted by Gasteiger charge is 2.12. The van der Waals surface area contributed by atoms with Gasteiger partial charge in [0.2, 0.25) is 0 Å². The first-order chi connectivity index (χ1) is 14.7. The second-order valence-corrected chi connectivity index (χ2v) is 7.36. The van der Waals surface area contributed by atoms with Gasteiger partial charge in [0.25, 0.3) is 0 Å². The van der Waals surface area contributed by atoms with Crippen molar-refractivity contribution in [2.24, 2.45) is 0 Å². The lowest BCUT2D eigenvalue weighted by atomic mass is 10.00. The zero-order valence-corrected chi connectivity index (χ0v) is 16.6. The third-order valence-corrected chi connectivity index (χ3v) is 5.14. The van der Waals surface area contributed by atoms with E-state index in [1.54, 1.807) is 12.4 Å². The van der Waals surface area contributed by atoms with Crippen molar-refractivity contribution < 1.29 is 10.2 Å². The van der Waals surface area contributed by atoms with E-state index in [0.29, 0.717) is 12.8 Å². The second kappa shape index (κ2) is 9.44. The summed E-state index contributed by atoms with van der Waals surface area (Å²) in [6.45, 7) is 0. The molecule has 0 spiro atoms. The first-order valence-electron chi connectivity index (χ1n) is 10.1. The molecule has 0 bridgehead atoms. The highest BCUT2D eigenvalue weighted by atomic mass is 16.3. The van der Waals surface area contributed by atoms with Gasteiger partial charge in [0.1, 0.15) is 0 Å². The van der Waals surface area contributed by atoms with Gasteiger partial charge < -0.3 is 10.2 Å². The fourth-order valence-corrected chi connectivity index (χ4v) is 3.52. The van der Waals surface area contributed by atoms with Gasteiger partial charge in [0.15, 0.2) is 0 Å². The lowest BCUT2D eigenvalue weighted by Crippen LogP contribution is -2.03. The van der Waals surface area contributed by atoms with E-state index in [1.807, 2.05) is 84.9 Å². The average Bonchev–Trinajstić information content (AvgIpc) is 2.80. The van der Waals surface area contributed by atoms with E-state index >= 15 is 0 Å². The van der Waals surface area contributed by atoms with E-state index in [4.69, 9.17) is 0 Å². The van der Waals surface area contributed by atoms with Crippen LogP contribution in [-0.2, 0) is 12.8 Å². The van der Waals surface area contributed by atoms with Crippen molar-refractivity contribution >= 4 is 0 Å². The molecule has 0 radical (unpaired) electrons. The smallest absolute Gasteiger partial charge is 0.0888 e. The summed E-state index contributed by atoms with van der Waals surface area (Å²) in [7, 11) is 0. The Labute approximate surface area is 176 Å². The van der Waals surface area contributed by atoms with Gasteiger partial charge >= 0.3 is 0 Å². The number of pyridine rings is 2. The molecule has 2 aromatic carbocycles. The maximum Gasteiger partial charge on any atom is 0.0888 e. The lowest BCUT2D eigenvalue weighted by molar-refractivity contribution is 0.178. The van der Waals surface area contributed by atoms with Gasteiger partial charge in [0.05, 0.1) is 23.6 Å². The Kier molecular flexibility index (Phi) is 6.28. The van der Waals surface area contributed by atoms with Crippen LogP contribution in [-0.4, -0.2) is 20.2 Å². The summed E-state index contributed by atoms with van der Waals surface area (Å²) in [5.74, 6) is 0. The zero-order chi connectivity index (χ0) is 20.8. The fourth-order valence-electron chi connectivity index (χ4n) is 3.52. The van der Waals surface area contributed by atoms with E-state index in [0.717, 1.165) is 33.6 Å². The number of hydrogen-bond acceptors (Lipinski definition) is 4. The zero-order valence-electron chi connectivity index (χ0n) is 16.6. The molecule has 2 aromatic heterocycles. The molecule has 4 heteroatoms. The van der Waals surface area contributed by atoms with Crippen LogP contribution >= 0.6 is 0 Å². The van der Waals surface area contributed by atoms with Crippen LogP contribution in [0.4, 0.5) is 0 Å². The summed E-state index contributed by atoms with van der Waals surface area (Å²) in [6.07, 6.45) is 3.37. The molecule has 0 aliphatic carbocycles. The Morgan fingerprint density at radius 3 is 1.37 bits per heavy atom. The van der Waals surface area contributed by atoms with E-state index in [2.05, 4.69) is 9.97 Å². The third kappa shape index (κ3) is 4.98. The van der Waals surface area contributed by atoms with Crippen LogP contribution in [0.1, 0.15) is 34.5 Å². The Morgan fingerprint density at radius 2 is 0.967 bits per heavy atom. The number of benzene rings is 2.